The zero-order chi connectivity index (χ0) is 8.77. The highest BCUT2D eigenvalue weighted by atomic mass is 35.5. The highest BCUT2D eigenvalue weighted by Gasteiger charge is 2.53. The van der Waals surface area contributed by atoms with Crippen molar-refractivity contribution in [3.63, 3.8) is 0 Å². The lowest BCUT2D eigenvalue weighted by Gasteiger charge is -2.00. The van der Waals surface area contributed by atoms with Crippen molar-refractivity contribution in [1.29, 1.82) is 0 Å². The first-order valence-corrected chi connectivity index (χ1v) is 5.08. The number of alkyl halides is 1. The Morgan fingerprint density at radius 3 is 2.75 bits per heavy atom. The Morgan fingerprint density at radius 1 is 1.67 bits per heavy atom. The van der Waals surface area contributed by atoms with Crippen molar-refractivity contribution in [1.82, 2.24) is 10.2 Å². The van der Waals surface area contributed by atoms with Crippen molar-refractivity contribution in [2.24, 2.45) is 0 Å². The van der Waals surface area contributed by atoms with Crippen LogP contribution in [0.3, 0.4) is 0 Å². The summed E-state index contributed by atoms with van der Waals surface area (Å²) >= 11 is 7.59. The molecule has 0 aliphatic heterocycles. The number of nitrogens with one attached hydrogen (secondary N) is 1. The minimum absolute atomic E-state index is 0.0916. The second-order valence-electron chi connectivity index (χ2n) is 3.25. The molecule has 1 aromatic heterocycles. The van der Waals surface area contributed by atoms with Crippen LogP contribution in [0.5, 0.6) is 0 Å². The summed E-state index contributed by atoms with van der Waals surface area (Å²) in [7, 11) is 1.84. The molecule has 1 aromatic rings. The Labute approximate surface area is 80.2 Å². The predicted molar refractivity (Wildman–Crippen MR) is 51.1 cm³/mol. The van der Waals surface area contributed by atoms with E-state index < -0.39 is 0 Å². The van der Waals surface area contributed by atoms with E-state index in [9.17, 15) is 0 Å². The molecule has 1 fully saturated rings. The van der Waals surface area contributed by atoms with E-state index in [1.165, 1.54) is 0 Å². The maximum atomic E-state index is 6.00. The lowest BCUT2D eigenvalue weighted by molar-refractivity contribution is 0.759. The Balaban J connectivity index is 2.24. The predicted octanol–water partition coefficient (Wildman–Crippen LogP) is 1.85. The number of anilines is 1. The Hall–Kier alpha value is -0.350. The first-order chi connectivity index (χ1) is 5.66. The van der Waals surface area contributed by atoms with Crippen LogP contribution < -0.4 is 5.32 Å². The maximum Gasteiger partial charge on any atom is 0.205 e. The van der Waals surface area contributed by atoms with Gasteiger partial charge in [-0.2, -0.15) is 0 Å². The van der Waals surface area contributed by atoms with Gasteiger partial charge in [0, 0.05) is 17.8 Å². The van der Waals surface area contributed by atoms with E-state index in [2.05, 4.69) is 22.4 Å². The lowest BCUT2D eigenvalue weighted by atomic mass is 10.2. The quantitative estimate of drug-likeness (QED) is 0.746. The minimum atomic E-state index is 0.0916. The van der Waals surface area contributed by atoms with Gasteiger partial charge in [-0.25, -0.2) is 0 Å². The Kier molecular flexibility index (Phi) is 1.77. The fraction of sp³-hybridized carbons (Fsp3) is 0.714. The third-order valence-corrected chi connectivity index (χ3v) is 4.12. The highest BCUT2D eigenvalue weighted by molar-refractivity contribution is 7.15. The Bertz CT molecular complexity index is 301. The van der Waals surface area contributed by atoms with E-state index in [-0.39, 0.29) is 10.8 Å². The number of rotatable bonds is 2. The van der Waals surface area contributed by atoms with Gasteiger partial charge in [-0.05, 0) is 6.42 Å². The van der Waals surface area contributed by atoms with Crippen molar-refractivity contribution < 1.29 is 0 Å². The van der Waals surface area contributed by atoms with Crippen LogP contribution in [0, 0.1) is 0 Å². The van der Waals surface area contributed by atoms with E-state index in [1.807, 2.05) is 7.05 Å². The summed E-state index contributed by atoms with van der Waals surface area (Å²) in [5.41, 5.74) is 0.0916. The second kappa shape index (κ2) is 2.57. The fourth-order valence-electron chi connectivity index (χ4n) is 1.09. The number of halogens is 1. The summed E-state index contributed by atoms with van der Waals surface area (Å²) in [6.45, 7) is 2.13. The largest absolute Gasteiger partial charge is 0.363 e. The summed E-state index contributed by atoms with van der Waals surface area (Å²) < 4.78 is 0. The molecular formula is C7H10ClN3S. The van der Waals surface area contributed by atoms with Gasteiger partial charge in [-0.1, -0.05) is 18.3 Å². The molecule has 1 aliphatic carbocycles. The zero-order valence-electron chi connectivity index (χ0n) is 6.97. The zero-order valence-corrected chi connectivity index (χ0v) is 8.54. The van der Waals surface area contributed by atoms with E-state index in [1.54, 1.807) is 11.3 Å². The van der Waals surface area contributed by atoms with Gasteiger partial charge >= 0.3 is 0 Å². The average molecular weight is 204 g/mol. The number of nitrogens with zero attached hydrogens (tertiary/aromatic N) is 2. The van der Waals surface area contributed by atoms with Crippen molar-refractivity contribution in [2.45, 2.75) is 24.1 Å². The molecule has 0 spiro atoms. The van der Waals surface area contributed by atoms with E-state index >= 15 is 0 Å². The monoisotopic (exact) mass is 203 g/mol. The van der Waals surface area contributed by atoms with Crippen molar-refractivity contribution >= 4 is 28.1 Å². The molecule has 0 radical (unpaired) electrons. The van der Waals surface area contributed by atoms with Gasteiger partial charge in [0.1, 0.15) is 5.01 Å². The van der Waals surface area contributed by atoms with Gasteiger partial charge in [-0.3, -0.25) is 0 Å². The molecule has 2 unspecified atom stereocenters. The summed E-state index contributed by atoms with van der Waals surface area (Å²) in [6, 6.07) is 0. The van der Waals surface area contributed by atoms with Crippen LogP contribution >= 0.6 is 22.9 Å². The Morgan fingerprint density at radius 2 is 2.33 bits per heavy atom. The number of aromatic nitrogens is 2. The van der Waals surface area contributed by atoms with Gasteiger partial charge in [0.2, 0.25) is 5.13 Å². The van der Waals surface area contributed by atoms with Gasteiger partial charge in [0.25, 0.3) is 0 Å². The van der Waals surface area contributed by atoms with E-state index in [4.69, 9.17) is 11.6 Å². The number of hydrogen-bond acceptors (Lipinski definition) is 4. The van der Waals surface area contributed by atoms with E-state index in [0.717, 1.165) is 16.6 Å². The molecule has 1 saturated carbocycles. The molecule has 2 atom stereocenters. The minimum Gasteiger partial charge on any atom is -0.363 e. The second-order valence-corrected chi connectivity index (χ2v) is 4.76. The van der Waals surface area contributed by atoms with Gasteiger partial charge < -0.3 is 5.32 Å². The van der Waals surface area contributed by atoms with Crippen LogP contribution in [0.15, 0.2) is 0 Å². The topological polar surface area (TPSA) is 37.8 Å². The lowest BCUT2D eigenvalue weighted by Crippen LogP contribution is -2.02. The maximum absolute atomic E-state index is 6.00. The van der Waals surface area contributed by atoms with Gasteiger partial charge in [0.15, 0.2) is 0 Å². The van der Waals surface area contributed by atoms with Crippen LogP contribution in [-0.4, -0.2) is 22.6 Å². The molecule has 5 heteroatoms. The van der Waals surface area contributed by atoms with Gasteiger partial charge in [0.05, 0.1) is 0 Å². The highest BCUT2D eigenvalue weighted by Crippen LogP contribution is 2.52. The molecule has 1 heterocycles. The molecule has 66 valence electrons. The first kappa shape index (κ1) is 8.26. The normalized spacial score (nSPS) is 33.4. The van der Waals surface area contributed by atoms with Crippen LogP contribution in [-0.2, 0) is 5.41 Å². The van der Waals surface area contributed by atoms with Crippen LogP contribution in [0.4, 0.5) is 5.13 Å². The number of hydrogen-bond donors (Lipinski definition) is 1. The SMILES string of the molecule is CNc1nnc(C2(C)CC2Cl)s1. The molecule has 3 nitrogen and oxygen atoms in total. The molecule has 1 aliphatic rings. The molecule has 0 saturated heterocycles. The third kappa shape index (κ3) is 1.10. The molecule has 12 heavy (non-hydrogen) atoms. The summed E-state index contributed by atoms with van der Waals surface area (Å²) in [6.07, 6.45) is 1.02. The summed E-state index contributed by atoms with van der Waals surface area (Å²) in [4.78, 5) is 0. The first-order valence-electron chi connectivity index (χ1n) is 3.82. The molecular weight excluding hydrogens is 194 g/mol. The van der Waals surface area contributed by atoms with E-state index in [0.29, 0.717) is 0 Å². The molecule has 0 amide bonds. The molecule has 1 N–H and O–H groups in total. The molecule has 2 rings (SSSR count). The molecule has 0 bridgehead atoms. The van der Waals surface area contributed by atoms with Gasteiger partial charge in [-0.15, -0.1) is 21.8 Å². The fourth-order valence-corrected chi connectivity index (χ4v) is 2.49. The van der Waals surface area contributed by atoms with Crippen molar-refractivity contribution in [3.8, 4) is 0 Å². The third-order valence-electron chi connectivity index (χ3n) is 2.26. The van der Waals surface area contributed by atoms with Crippen LogP contribution in [0.2, 0.25) is 0 Å². The summed E-state index contributed by atoms with van der Waals surface area (Å²) in [5, 5.41) is 13.2. The van der Waals surface area contributed by atoms with Crippen molar-refractivity contribution in [2.75, 3.05) is 12.4 Å². The average Bonchev–Trinajstić information content (AvgIpc) is 2.57. The molecule has 0 aromatic carbocycles. The van der Waals surface area contributed by atoms with Crippen LogP contribution in [0.1, 0.15) is 18.4 Å². The smallest absolute Gasteiger partial charge is 0.205 e. The van der Waals surface area contributed by atoms with Crippen LogP contribution in [0.25, 0.3) is 0 Å². The van der Waals surface area contributed by atoms with Crippen molar-refractivity contribution in [3.05, 3.63) is 5.01 Å². The standard InChI is InChI=1S/C7H10ClN3S/c1-7(3-4(7)8)5-10-11-6(9-2)12-5/h4H,3H2,1-2H3,(H,9,11). The summed E-state index contributed by atoms with van der Waals surface area (Å²) in [5.74, 6) is 0.